The summed E-state index contributed by atoms with van der Waals surface area (Å²) in [6, 6.07) is 15.0. The minimum atomic E-state index is -0.911. The zero-order valence-electron chi connectivity index (χ0n) is 13.2. The van der Waals surface area contributed by atoms with Crippen LogP contribution in [-0.2, 0) is 14.3 Å². The number of esters is 1. The standard InChI is InChI=1S/C18H17NO5/c1-13(20)19-15-7-9-16(10-8-15)23-11-12-24-18(22)17(21)14-5-3-2-4-6-14/h2-10H,11-12H2,1H3,(H,19,20). The molecule has 0 aliphatic rings. The fraction of sp³-hybridized carbons (Fsp3) is 0.167. The molecule has 2 aromatic carbocycles. The first-order valence-electron chi connectivity index (χ1n) is 7.33. The zero-order valence-corrected chi connectivity index (χ0v) is 13.2. The molecule has 1 amide bonds. The second-order valence-corrected chi connectivity index (χ2v) is 4.89. The summed E-state index contributed by atoms with van der Waals surface area (Å²) in [4.78, 5) is 34.3. The molecule has 1 N–H and O–H groups in total. The summed E-state index contributed by atoms with van der Waals surface area (Å²) in [5.74, 6) is -1.19. The number of amides is 1. The molecule has 0 bridgehead atoms. The van der Waals surface area contributed by atoms with Crippen LogP contribution in [0.5, 0.6) is 5.75 Å². The van der Waals surface area contributed by atoms with Crippen molar-refractivity contribution in [3.05, 3.63) is 60.2 Å². The zero-order chi connectivity index (χ0) is 17.4. The monoisotopic (exact) mass is 327 g/mol. The fourth-order valence-electron chi connectivity index (χ4n) is 1.90. The van der Waals surface area contributed by atoms with Gasteiger partial charge in [-0.2, -0.15) is 0 Å². The molecule has 124 valence electrons. The molecule has 0 heterocycles. The number of hydrogen-bond acceptors (Lipinski definition) is 5. The van der Waals surface area contributed by atoms with E-state index in [-0.39, 0.29) is 24.7 Å². The molecule has 2 aromatic rings. The topological polar surface area (TPSA) is 81.7 Å². The lowest BCUT2D eigenvalue weighted by Crippen LogP contribution is -2.20. The Kier molecular flexibility index (Phi) is 6.08. The number of carbonyl (C=O) groups is 3. The van der Waals surface area contributed by atoms with Crippen molar-refractivity contribution in [3.8, 4) is 5.75 Å². The van der Waals surface area contributed by atoms with Gasteiger partial charge in [0.1, 0.15) is 19.0 Å². The number of ketones is 1. The summed E-state index contributed by atoms with van der Waals surface area (Å²) in [7, 11) is 0. The number of carbonyl (C=O) groups excluding carboxylic acids is 3. The van der Waals surface area contributed by atoms with E-state index in [2.05, 4.69) is 5.32 Å². The van der Waals surface area contributed by atoms with Crippen LogP contribution >= 0.6 is 0 Å². The van der Waals surface area contributed by atoms with E-state index in [0.29, 0.717) is 11.4 Å². The van der Waals surface area contributed by atoms with Crippen LogP contribution in [0.1, 0.15) is 17.3 Å². The van der Waals surface area contributed by atoms with Gasteiger partial charge in [0, 0.05) is 18.2 Å². The van der Waals surface area contributed by atoms with Crippen LogP contribution < -0.4 is 10.1 Å². The van der Waals surface area contributed by atoms with E-state index in [0.717, 1.165) is 0 Å². The van der Waals surface area contributed by atoms with Gasteiger partial charge in [-0.05, 0) is 24.3 Å². The van der Waals surface area contributed by atoms with Gasteiger partial charge in [-0.25, -0.2) is 4.79 Å². The number of ether oxygens (including phenoxy) is 2. The lowest BCUT2D eigenvalue weighted by atomic mass is 10.1. The summed E-state index contributed by atoms with van der Waals surface area (Å²) in [6.45, 7) is 1.51. The maximum absolute atomic E-state index is 11.8. The summed E-state index contributed by atoms with van der Waals surface area (Å²) < 4.78 is 10.3. The molecular weight excluding hydrogens is 310 g/mol. The highest BCUT2D eigenvalue weighted by atomic mass is 16.6. The van der Waals surface area contributed by atoms with E-state index in [4.69, 9.17) is 9.47 Å². The SMILES string of the molecule is CC(=O)Nc1ccc(OCCOC(=O)C(=O)c2ccccc2)cc1. The van der Waals surface area contributed by atoms with Crippen LogP contribution in [0.2, 0.25) is 0 Å². The third-order valence-electron chi connectivity index (χ3n) is 2.98. The first-order chi connectivity index (χ1) is 11.6. The molecule has 6 heteroatoms. The molecule has 0 spiro atoms. The van der Waals surface area contributed by atoms with Gasteiger partial charge in [0.05, 0.1) is 0 Å². The molecule has 24 heavy (non-hydrogen) atoms. The van der Waals surface area contributed by atoms with Crippen molar-refractivity contribution in [3.63, 3.8) is 0 Å². The van der Waals surface area contributed by atoms with Gasteiger partial charge in [-0.3, -0.25) is 9.59 Å². The maximum atomic E-state index is 11.8. The van der Waals surface area contributed by atoms with Crippen LogP contribution in [0.25, 0.3) is 0 Å². The Morgan fingerprint density at radius 2 is 1.58 bits per heavy atom. The predicted octanol–water partition coefficient (Wildman–Crippen LogP) is 2.45. The van der Waals surface area contributed by atoms with Crippen LogP contribution in [-0.4, -0.2) is 30.9 Å². The third kappa shape index (κ3) is 5.24. The van der Waals surface area contributed by atoms with E-state index in [9.17, 15) is 14.4 Å². The minimum Gasteiger partial charge on any atom is -0.490 e. The second-order valence-electron chi connectivity index (χ2n) is 4.89. The van der Waals surface area contributed by atoms with Crippen molar-refractivity contribution < 1.29 is 23.9 Å². The Morgan fingerprint density at radius 1 is 0.917 bits per heavy atom. The highest BCUT2D eigenvalue weighted by Crippen LogP contribution is 2.15. The molecule has 0 fully saturated rings. The molecule has 0 aromatic heterocycles. The van der Waals surface area contributed by atoms with E-state index >= 15 is 0 Å². The first kappa shape index (κ1) is 17.2. The summed E-state index contributed by atoms with van der Waals surface area (Å²) >= 11 is 0. The second kappa shape index (κ2) is 8.47. The molecule has 2 rings (SSSR count). The highest BCUT2D eigenvalue weighted by Gasteiger charge is 2.17. The quantitative estimate of drug-likeness (QED) is 0.366. The summed E-state index contributed by atoms with van der Waals surface area (Å²) in [5.41, 5.74) is 0.951. The molecule has 0 atom stereocenters. The molecule has 0 aliphatic carbocycles. The Morgan fingerprint density at radius 3 is 2.21 bits per heavy atom. The van der Waals surface area contributed by atoms with Crippen molar-refractivity contribution in [1.82, 2.24) is 0 Å². The third-order valence-corrected chi connectivity index (χ3v) is 2.98. The average molecular weight is 327 g/mol. The van der Waals surface area contributed by atoms with Gasteiger partial charge < -0.3 is 14.8 Å². The van der Waals surface area contributed by atoms with Gasteiger partial charge >= 0.3 is 5.97 Å². The number of hydrogen-bond donors (Lipinski definition) is 1. The van der Waals surface area contributed by atoms with Gasteiger partial charge in [-0.1, -0.05) is 30.3 Å². The summed E-state index contributed by atoms with van der Waals surface area (Å²) in [6.07, 6.45) is 0. The van der Waals surface area contributed by atoms with Crippen molar-refractivity contribution in [2.24, 2.45) is 0 Å². The Balaban J connectivity index is 1.73. The Labute approximate surface area is 139 Å². The molecule has 0 saturated heterocycles. The number of benzene rings is 2. The fourth-order valence-corrected chi connectivity index (χ4v) is 1.90. The molecule has 0 radical (unpaired) electrons. The van der Waals surface area contributed by atoms with Crippen molar-refractivity contribution in [2.45, 2.75) is 6.92 Å². The lowest BCUT2D eigenvalue weighted by molar-refractivity contribution is -0.138. The molecule has 0 saturated carbocycles. The Hall–Kier alpha value is -3.15. The van der Waals surface area contributed by atoms with Crippen LogP contribution in [0.15, 0.2) is 54.6 Å². The minimum absolute atomic E-state index is 0.0369. The molecule has 6 nitrogen and oxygen atoms in total. The number of rotatable bonds is 7. The van der Waals surface area contributed by atoms with Gasteiger partial charge in [0.2, 0.25) is 5.91 Å². The van der Waals surface area contributed by atoms with E-state index in [1.807, 2.05) is 0 Å². The predicted molar refractivity (Wildman–Crippen MR) is 88.0 cm³/mol. The molecular formula is C18H17NO5. The van der Waals surface area contributed by atoms with Crippen molar-refractivity contribution in [1.29, 1.82) is 0 Å². The smallest absolute Gasteiger partial charge is 0.379 e. The Bertz CT molecular complexity index is 710. The summed E-state index contributed by atoms with van der Waals surface area (Å²) in [5, 5.41) is 2.64. The van der Waals surface area contributed by atoms with Crippen LogP contribution in [0.4, 0.5) is 5.69 Å². The lowest BCUT2D eigenvalue weighted by Gasteiger charge is -2.08. The molecule has 0 aliphatic heterocycles. The van der Waals surface area contributed by atoms with Crippen LogP contribution in [0.3, 0.4) is 0 Å². The van der Waals surface area contributed by atoms with Gasteiger partial charge in [0.15, 0.2) is 0 Å². The van der Waals surface area contributed by atoms with Crippen molar-refractivity contribution >= 4 is 23.3 Å². The highest BCUT2D eigenvalue weighted by molar-refractivity contribution is 6.40. The van der Waals surface area contributed by atoms with Crippen molar-refractivity contribution in [2.75, 3.05) is 18.5 Å². The number of nitrogens with one attached hydrogen (secondary N) is 1. The number of Topliss-reactive ketones (excluding diaryl/α,β-unsaturated/α-hetero) is 1. The maximum Gasteiger partial charge on any atom is 0.379 e. The van der Waals surface area contributed by atoms with E-state index in [1.54, 1.807) is 54.6 Å². The van der Waals surface area contributed by atoms with Crippen LogP contribution in [0, 0.1) is 0 Å². The van der Waals surface area contributed by atoms with E-state index in [1.165, 1.54) is 6.92 Å². The molecule has 0 unspecified atom stereocenters. The van der Waals surface area contributed by atoms with Gasteiger partial charge in [-0.15, -0.1) is 0 Å². The largest absolute Gasteiger partial charge is 0.490 e. The van der Waals surface area contributed by atoms with E-state index < -0.39 is 11.8 Å². The number of anilines is 1. The normalized spacial score (nSPS) is 9.88. The first-order valence-corrected chi connectivity index (χ1v) is 7.33. The van der Waals surface area contributed by atoms with Gasteiger partial charge in [0.25, 0.3) is 5.78 Å². The average Bonchev–Trinajstić information content (AvgIpc) is 2.59.